The topological polar surface area (TPSA) is 35.6 Å². The number of nitrogens with zero attached hydrogens (tertiary/aromatic N) is 2. The average Bonchev–Trinajstić information content (AvgIpc) is 3.00. The second-order valence-corrected chi connectivity index (χ2v) is 6.35. The Kier molecular flexibility index (Phi) is 5.84. The monoisotopic (exact) mass is 323 g/mol. The zero-order valence-corrected chi connectivity index (χ0v) is 14.3. The molecule has 1 aromatic carbocycles. The summed E-state index contributed by atoms with van der Waals surface area (Å²) in [4.78, 5) is 17.2. The van der Waals surface area contributed by atoms with Gasteiger partial charge in [-0.2, -0.15) is 0 Å². The second-order valence-electron chi connectivity index (χ2n) is 6.35. The van der Waals surface area contributed by atoms with Gasteiger partial charge in [0.2, 0.25) is 0 Å². The molecule has 3 rings (SSSR count). The summed E-state index contributed by atoms with van der Waals surface area (Å²) < 4.78 is 0. The molecule has 0 saturated carbocycles. The van der Waals surface area contributed by atoms with Crippen molar-refractivity contribution in [1.29, 1.82) is 0 Å². The number of nitrogens with one attached hydrogen (secondary N) is 1. The Morgan fingerprint density at radius 1 is 1.09 bits per heavy atom. The summed E-state index contributed by atoms with van der Waals surface area (Å²) >= 11 is 0. The van der Waals surface area contributed by atoms with Crippen LogP contribution in [0.3, 0.4) is 0 Å². The van der Waals surface area contributed by atoms with E-state index in [0.717, 1.165) is 56.0 Å². The molecule has 0 radical (unpaired) electrons. The van der Waals surface area contributed by atoms with Crippen molar-refractivity contribution in [1.82, 2.24) is 15.1 Å². The van der Waals surface area contributed by atoms with Crippen LogP contribution in [-0.2, 0) is 0 Å². The fraction of sp³-hybridized carbons (Fsp3) is 0.588. The summed E-state index contributed by atoms with van der Waals surface area (Å²) in [5.74, 6) is 0.186. The van der Waals surface area contributed by atoms with Gasteiger partial charge < -0.3 is 10.2 Å². The zero-order valence-electron chi connectivity index (χ0n) is 13.5. The van der Waals surface area contributed by atoms with Crippen LogP contribution in [0.4, 0.5) is 0 Å². The van der Waals surface area contributed by atoms with Crippen LogP contribution in [0.2, 0.25) is 0 Å². The summed E-state index contributed by atoms with van der Waals surface area (Å²) in [6, 6.07) is 6.79. The minimum absolute atomic E-state index is 0. The molecule has 2 aliphatic heterocycles. The summed E-state index contributed by atoms with van der Waals surface area (Å²) in [7, 11) is 0. The van der Waals surface area contributed by atoms with E-state index in [1.807, 2.05) is 17.0 Å². The molecule has 2 aliphatic rings. The molecule has 0 aliphatic carbocycles. The van der Waals surface area contributed by atoms with E-state index >= 15 is 0 Å². The molecule has 2 fully saturated rings. The van der Waals surface area contributed by atoms with Gasteiger partial charge in [0.25, 0.3) is 5.91 Å². The van der Waals surface area contributed by atoms with Gasteiger partial charge in [0.1, 0.15) is 0 Å². The lowest BCUT2D eigenvalue weighted by Crippen LogP contribution is -2.52. The second kappa shape index (κ2) is 7.44. The Labute approximate surface area is 139 Å². The van der Waals surface area contributed by atoms with E-state index in [0.29, 0.717) is 6.04 Å². The van der Waals surface area contributed by atoms with Gasteiger partial charge >= 0.3 is 0 Å². The molecule has 1 amide bonds. The minimum atomic E-state index is 0. The molecule has 5 heteroatoms. The maximum Gasteiger partial charge on any atom is 0.253 e. The smallest absolute Gasteiger partial charge is 0.253 e. The number of aryl methyl sites for hydroxylation is 2. The van der Waals surface area contributed by atoms with Crippen LogP contribution in [0.15, 0.2) is 18.2 Å². The average molecular weight is 324 g/mol. The molecular weight excluding hydrogens is 298 g/mol. The first-order chi connectivity index (χ1) is 10.1. The summed E-state index contributed by atoms with van der Waals surface area (Å²) in [5.41, 5.74) is 3.16. The van der Waals surface area contributed by atoms with Gasteiger partial charge in [-0.1, -0.05) is 17.2 Å². The number of amides is 1. The number of hydrogen-bond acceptors (Lipinski definition) is 3. The first-order valence-corrected chi connectivity index (χ1v) is 7.96. The molecule has 0 aromatic heterocycles. The van der Waals surface area contributed by atoms with E-state index < -0.39 is 0 Å². The molecule has 1 N–H and O–H groups in total. The van der Waals surface area contributed by atoms with E-state index in [4.69, 9.17) is 0 Å². The number of carbonyl (C=O) groups excluding carboxylic acids is 1. The highest BCUT2D eigenvalue weighted by molar-refractivity contribution is 5.94. The molecule has 0 bridgehead atoms. The van der Waals surface area contributed by atoms with Gasteiger partial charge in [-0.05, 0) is 38.9 Å². The summed E-state index contributed by atoms with van der Waals surface area (Å²) in [6.07, 6.45) is 1.24. The summed E-state index contributed by atoms with van der Waals surface area (Å²) in [6.45, 7) is 10.0. The van der Waals surface area contributed by atoms with Crippen LogP contribution in [0, 0.1) is 13.8 Å². The van der Waals surface area contributed by atoms with Crippen molar-refractivity contribution >= 4 is 18.3 Å². The van der Waals surface area contributed by atoms with Crippen molar-refractivity contribution in [3.8, 4) is 0 Å². The number of hydrogen-bond donors (Lipinski definition) is 1. The Hall–Kier alpha value is -1.10. The largest absolute Gasteiger partial charge is 0.336 e. The summed E-state index contributed by atoms with van der Waals surface area (Å²) in [5, 5.41) is 3.42. The highest BCUT2D eigenvalue weighted by atomic mass is 35.5. The van der Waals surface area contributed by atoms with Crippen molar-refractivity contribution in [3.05, 3.63) is 34.9 Å². The molecule has 122 valence electrons. The van der Waals surface area contributed by atoms with Gasteiger partial charge in [0.05, 0.1) is 0 Å². The Morgan fingerprint density at radius 2 is 1.73 bits per heavy atom. The molecule has 2 heterocycles. The fourth-order valence-electron chi connectivity index (χ4n) is 3.52. The van der Waals surface area contributed by atoms with E-state index in [1.54, 1.807) is 0 Å². The van der Waals surface area contributed by atoms with Crippen molar-refractivity contribution in [2.45, 2.75) is 26.3 Å². The third-order valence-electron chi connectivity index (χ3n) is 4.62. The molecule has 0 spiro atoms. The number of benzene rings is 1. The highest BCUT2D eigenvalue weighted by Crippen LogP contribution is 2.16. The molecule has 1 aromatic rings. The van der Waals surface area contributed by atoms with Gasteiger partial charge in [0, 0.05) is 44.3 Å². The van der Waals surface area contributed by atoms with Crippen LogP contribution in [0.25, 0.3) is 0 Å². The van der Waals surface area contributed by atoms with Gasteiger partial charge in [0.15, 0.2) is 0 Å². The van der Waals surface area contributed by atoms with E-state index in [9.17, 15) is 4.79 Å². The minimum Gasteiger partial charge on any atom is -0.336 e. The lowest BCUT2D eigenvalue weighted by molar-refractivity contribution is 0.0583. The third-order valence-corrected chi connectivity index (χ3v) is 4.62. The molecule has 4 nitrogen and oxygen atoms in total. The Balaban J connectivity index is 0.00000176. The number of piperazine rings is 1. The number of carbonyl (C=O) groups is 1. The van der Waals surface area contributed by atoms with Crippen molar-refractivity contribution in [2.75, 3.05) is 39.3 Å². The molecule has 1 atom stereocenters. The predicted octanol–water partition coefficient (Wildman–Crippen LogP) is 1.84. The lowest BCUT2D eigenvalue weighted by atomic mass is 10.1. The van der Waals surface area contributed by atoms with Crippen molar-refractivity contribution < 1.29 is 4.79 Å². The maximum absolute atomic E-state index is 12.6. The maximum atomic E-state index is 12.6. The zero-order chi connectivity index (χ0) is 14.8. The molecule has 22 heavy (non-hydrogen) atoms. The van der Waals surface area contributed by atoms with Crippen LogP contribution in [-0.4, -0.2) is 61.0 Å². The van der Waals surface area contributed by atoms with E-state index in [2.05, 4.69) is 30.1 Å². The van der Waals surface area contributed by atoms with E-state index in [1.165, 1.54) is 6.42 Å². The van der Waals surface area contributed by atoms with Crippen LogP contribution in [0.1, 0.15) is 27.9 Å². The fourth-order valence-corrected chi connectivity index (χ4v) is 3.52. The lowest BCUT2D eigenvalue weighted by Gasteiger charge is -2.37. The van der Waals surface area contributed by atoms with Gasteiger partial charge in [-0.15, -0.1) is 12.4 Å². The number of rotatable bonds is 2. The number of halogens is 1. The molecule has 2 saturated heterocycles. The predicted molar refractivity (Wildman–Crippen MR) is 91.9 cm³/mol. The standard InChI is InChI=1S/C17H25N3O.ClH/c1-13-9-14(2)11-15(10-13)17(21)20-7-5-19(6-8-20)16-3-4-18-12-16;/h9-11,16,18H,3-8,12H2,1-2H3;1H. The molecular formula is C17H26ClN3O. The Morgan fingerprint density at radius 3 is 2.27 bits per heavy atom. The van der Waals surface area contributed by atoms with Crippen molar-refractivity contribution in [3.63, 3.8) is 0 Å². The highest BCUT2D eigenvalue weighted by Gasteiger charge is 2.28. The Bertz CT molecular complexity index is 500. The van der Waals surface area contributed by atoms with Crippen molar-refractivity contribution in [2.24, 2.45) is 0 Å². The van der Waals surface area contributed by atoms with Crippen LogP contribution < -0.4 is 5.32 Å². The van der Waals surface area contributed by atoms with Crippen LogP contribution in [0.5, 0.6) is 0 Å². The normalized spacial score (nSPS) is 22.5. The van der Waals surface area contributed by atoms with E-state index in [-0.39, 0.29) is 18.3 Å². The molecule has 1 unspecified atom stereocenters. The SMILES string of the molecule is Cc1cc(C)cc(C(=O)N2CCN(C3CCNC3)CC2)c1.Cl. The third kappa shape index (κ3) is 3.80. The first-order valence-electron chi connectivity index (χ1n) is 7.96. The van der Waals surface area contributed by atoms with Gasteiger partial charge in [-0.3, -0.25) is 9.69 Å². The van der Waals surface area contributed by atoms with Crippen LogP contribution >= 0.6 is 12.4 Å². The first kappa shape index (κ1) is 17.3. The van der Waals surface area contributed by atoms with Gasteiger partial charge in [-0.25, -0.2) is 0 Å². The quantitative estimate of drug-likeness (QED) is 0.902.